The summed E-state index contributed by atoms with van der Waals surface area (Å²) in [6.45, 7) is 4.41. The van der Waals surface area contributed by atoms with Crippen LogP contribution in [0.5, 0.6) is 0 Å². The molecule has 0 spiro atoms. The first kappa shape index (κ1) is 11.4. The number of nitrogens with one attached hydrogen (secondary N) is 1. The van der Waals surface area contributed by atoms with Crippen LogP contribution in [0, 0.1) is 0 Å². The molecule has 1 aliphatic heterocycles. The van der Waals surface area contributed by atoms with Gasteiger partial charge in [0.05, 0.1) is 6.10 Å². The van der Waals surface area contributed by atoms with Crippen molar-refractivity contribution in [2.75, 3.05) is 25.0 Å². The van der Waals surface area contributed by atoms with Crippen LogP contribution in [-0.2, 0) is 13.0 Å². The lowest BCUT2D eigenvalue weighted by Crippen LogP contribution is -2.23. The van der Waals surface area contributed by atoms with Gasteiger partial charge in [0.25, 0.3) is 0 Å². The fraction of sp³-hybridized carbons (Fsp3) is 0.538. The van der Waals surface area contributed by atoms with Crippen molar-refractivity contribution in [1.82, 2.24) is 5.32 Å². The van der Waals surface area contributed by atoms with Crippen molar-refractivity contribution in [2.45, 2.75) is 26.0 Å². The molecule has 1 aromatic rings. The summed E-state index contributed by atoms with van der Waals surface area (Å²) in [6.07, 6.45) is 0.872. The Morgan fingerprint density at radius 1 is 1.50 bits per heavy atom. The number of aliphatic hydroxyl groups is 1. The van der Waals surface area contributed by atoms with Gasteiger partial charge in [-0.2, -0.15) is 0 Å². The van der Waals surface area contributed by atoms with Gasteiger partial charge in [0.2, 0.25) is 0 Å². The number of nitrogens with zero attached hydrogens (tertiary/aromatic N) is 1. The zero-order valence-corrected chi connectivity index (χ0v) is 10.0. The summed E-state index contributed by atoms with van der Waals surface area (Å²) in [5.41, 5.74) is 4.10. The molecule has 3 heteroatoms. The molecule has 0 amide bonds. The van der Waals surface area contributed by atoms with Crippen molar-refractivity contribution >= 4 is 5.69 Å². The van der Waals surface area contributed by atoms with E-state index in [2.05, 4.69) is 35.5 Å². The van der Waals surface area contributed by atoms with E-state index >= 15 is 0 Å². The highest BCUT2D eigenvalue weighted by atomic mass is 16.3. The van der Waals surface area contributed by atoms with Crippen molar-refractivity contribution in [1.29, 1.82) is 0 Å². The van der Waals surface area contributed by atoms with Crippen molar-refractivity contribution < 1.29 is 5.11 Å². The van der Waals surface area contributed by atoms with E-state index in [1.165, 1.54) is 16.8 Å². The summed E-state index contributed by atoms with van der Waals surface area (Å²) in [5.74, 6) is 0. The van der Waals surface area contributed by atoms with Crippen LogP contribution in [0.2, 0.25) is 0 Å². The van der Waals surface area contributed by atoms with E-state index in [0.717, 1.165) is 19.5 Å². The third-order valence-corrected chi connectivity index (χ3v) is 3.04. The SMILES string of the molecule is C[C@H](O)CNCc1ccc2c(c1)CCN2C. The molecule has 1 atom stereocenters. The second kappa shape index (κ2) is 4.85. The number of hydrogen-bond donors (Lipinski definition) is 2. The molecule has 88 valence electrons. The van der Waals surface area contributed by atoms with E-state index in [9.17, 15) is 0 Å². The molecule has 1 heterocycles. The largest absolute Gasteiger partial charge is 0.392 e. The first-order chi connectivity index (χ1) is 7.66. The van der Waals surface area contributed by atoms with Crippen LogP contribution in [0.15, 0.2) is 18.2 Å². The van der Waals surface area contributed by atoms with Crippen LogP contribution >= 0.6 is 0 Å². The molecule has 0 unspecified atom stereocenters. The van der Waals surface area contributed by atoms with Gasteiger partial charge in [-0.3, -0.25) is 0 Å². The molecule has 0 aromatic heterocycles. The predicted octanol–water partition coefficient (Wildman–Crippen LogP) is 1.15. The Balaban J connectivity index is 1.97. The minimum absolute atomic E-state index is 0.277. The first-order valence-electron chi connectivity index (χ1n) is 5.88. The molecule has 1 aromatic carbocycles. The van der Waals surface area contributed by atoms with Gasteiger partial charge < -0.3 is 15.3 Å². The fourth-order valence-electron chi connectivity index (χ4n) is 2.16. The molecule has 0 saturated carbocycles. The molecule has 3 nitrogen and oxygen atoms in total. The van der Waals surface area contributed by atoms with Gasteiger partial charge in [-0.15, -0.1) is 0 Å². The van der Waals surface area contributed by atoms with Gasteiger partial charge >= 0.3 is 0 Å². The second-order valence-corrected chi connectivity index (χ2v) is 4.61. The number of fused-ring (bicyclic) bond motifs is 1. The minimum atomic E-state index is -0.277. The van der Waals surface area contributed by atoms with Gasteiger partial charge in [-0.25, -0.2) is 0 Å². The zero-order valence-electron chi connectivity index (χ0n) is 10.0. The lowest BCUT2D eigenvalue weighted by Gasteiger charge is -2.12. The van der Waals surface area contributed by atoms with E-state index in [4.69, 9.17) is 5.11 Å². The fourth-order valence-corrected chi connectivity index (χ4v) is 2.16. The Hall–Kier alpha value is -1.06. The number of hydrogen-bond acceptors (Lipinski definition) is 3. The predicted molar refractivity (Wildman–Crippen MR) is 66.8 cm³/mol. The third-order valence-electron chi connectivity index (χ3n) is 3.04. The lowest BCUT2D eigenvalue weighted by molar-refractivity contribution is 0.191. The van der Waals surface area contributed by atoms with Crippen molar-refractivity contribution in [2.24, 2.45) is 0 Å². The summed E-state index contributed by atoms with van der Waals surface area (Å²) in [6, 6.07) is 6.63. The average molecular weight is 220 g/mol. The molecule has 0 saturated heterocycles. The van der Waals surface area contributed by atoms with Gasteiger partial charge in [0.1, 0.15) is 0 Å². The molecule has 0 aliphatic carbocycles. The maximum atomic E-state index is 9.15. The second-order valence-electron chi connectivity index (χ2n) is 4.61. The standard InChI is InChI=1S/C13H20N2O/c1-10(16)8-14-9-11-3-4-13-12(7-11)5-6-15(13)2/h3-4,7,10,14,16H,5-6,8-9H2,1-2H3/t10-/m0/s1. The van der Waals surface area contributed by atoms with E-state index < -0.39 is 0 Å². The van der Waals surface area contributed by atoms with Crippen LogP contribution in [-0.4, -0.2) is 31.3 Å². The Morgan fingerprint density at radius 2 is 2.31 bits per heavy atom. The number of likely N-dealkylation sites (N-methyl/N-ethyl adjacent to an activating group) is 1. The van der Waals surface area contributed by atoms with E-state index in [1.54, 1.807) is 6.92 Å². The van der Waals surface area contributed by atoms with Crippen LogP contribution in [0.3, 0.4) is 0 Å². The highest BCUT2D eigenvalue weighted by Crippen LogP contribution is 2.27. The molecule has 2 rings (SSSR count). The first-order valence-corrected chi connectivity index (χ1v) is 5.88. The van der Waals surface area contributed by atoms with Crippen LogP contribution < -0.4 is 10.2 Å². The molecule has 0 fully saturated rings. The van der Waals surface area contributed by atoms with Gasteiger partial charge in [0, 0.05) is 32.4 Å². The Bertz CT molecular complexity index is 363. The Labute approximate surface area is 97.1 Å². The smallest absolute Gasteiger partial charge is 0.0636 e. The molecular formula is C13H20N2O. The summed E-state index contributed by atoms with van der Waals surface area (Å²) < 4.78 is 0. The number of rotatable bonds is 4. The van der Waals surface area contributed by atoms with Gasteiger partial charge in [-0.1, -0.05) is 12.1 Å². The van der Waals surface area contributed by atoms with Crippen molar-refractivity contribution in [3.8, 4) is 0 Å². The topological polar surface area (TPSA) is 35.5 Å². The van der Waals surface area contributed by atoms with Crippen molar-refractivity contribution in [3.63, 3.8) is 0 Å². The zero-order chi connectivity index (χ0) is 11.5. The molecule has 2 N–H and O–H groups in total. The van der Waals surface area contributed by atoms with Gasteiger partial charge in [-0.05, 0) is 30.5 Å². The highest BCUT2D eigenvalue weighted by Gasteiger charge is 2.15. The third kappa shape index (κ3) is 2.54. The Kier molecular flexibility index (Phi) is 3.46. The van der Waals surface area contributed by atoms with Crippen LogP contribution in [0.4, 0.5) is 5.69 Å². The van der Waals surface area contributed by atoms with Crippen molar-refractivity contribution in [3.05, 3.63) is 29.3 Å². The maximum absolute atomic E-state index is 9.15. The monoisotopic (exact) mass is 220 g/mol. The minimum Gasteiger partial charge on any atom is -0.392 e. The lowest BCUT2D eigenvalue weighted by atomic mass is 10.1. The van der Waals surface area contributed by atoms with Crippen LogP contribution in [0.25, 0.3) is 0 Å². The maximum Gasteiger partial charge on any atom is 0.0636 e. The number of aliphatic hydroxyl groups excluding tert-OH is 1. The molecule has 16 heavy (non-hydrogen) atoms. The van der Waals surface area contributed by atoms with Gasteiger partial charge in [0.15, 0.2) is 0 Å². The molecular weight excluding hydrogens is 200 g/mol. The van der Waals surface area contributed by atoms with E-state index in [1.807, 2.05) is 0 Å². The summed E-state index contributed by atoms with van der Waals surface area (Å²) in [4.78, 5) is 2.29. The molecule has 0 radical (unpaired) electrons. The van der Waals surface area contributed by atoms with Crippen LogP contribution in [0.1, 0.15) is 18.1 Å². The normalized spacial score (nSPS) is 16.3. The number of anilines is 1. The molecule has 0 bridgehead atoms. The van der Waals surface area contributed by atoms with E-state index in [-0.39, 0.29) is 6.10 Å². The van der Waals surface area contributed by atoms with E-state index in [0.29, 0.717) is 6.54 Å². The summed E-state index contributed by atoms with van der Waals surface area (Å²) in [5, 5.41) is 12.4. The quantitative estimate of drug-likeness (QED) is 0.799. The summed E-state index contributed by atoms with van der Waals surface area (Å²) >= 11 is 0. The Morgan fingerprint density at radius 3 is 3.06 bits per heavy atom. The highest BCUT2D eigenvalue weighted by molar-refractivity contribution is 5.58. The number of benzene rings is 1. The average Bonchev–Trinajstić information content (AvgIpc) is 2.60. The summed E-state index contributed by atoms with van der Waals surface area (Å²) in [7, 11) is 2.14. The molecule has 1 aliphatic rings.